The molecular formula is C17H21N3O2. The number of nitrogens with two attached hydrogens (primary N) is 1. The molecule has 5 heteroatoms. The van der Waals surface area contributed by atoms with E-state index in [0.29, 0.717) is 38.8 Å². The van der Waals surface area contributed by atoms with Crippen LogP contribution in [0.3, 0.4) is 0 Å². The average Bonchev–Trinajstić information content (AvgIpc) is 2.56. The first-order chi connectivity index (χ1) is 10.6. The largest absolute Gasteiger partial charge is 0.369 e. The summed E-state index contributed by atoms with van der Waals surface area (Å²) in [6, 6.07) is 12.0. The molecule has 1 fully saturated rings. The fraction of sp³-hybridized carbons (Fsp3) is 0.471. The number of carbonyl (C=O) groups excluding carboxylic acids is 2. The predicted octanol–water partition coefficient (Wildman–Crippen LogP) is 1.48. The minimum absolute atomic E-state index is 0.124. The highest BCUT2D eigenvalue weighted by atomic mass is 16.2. The van der Waals surface area contributed by atoms with Crippen LogP contribution in [-0.2, 0) is 16.0 Å². The van der Waals surface area contributed by atoms with E-state index in [1.165, 1.54) is 0 Å². The number of nitriles is 1. The smallest absolute Gasteiger partial charge is 0.239 e. The highest BCUT2D eigenvalue weighted by Gasteiger charge is 2.29. The molecule has 1 aliphatic heterocycles. The summed E-state index contributed by atoms with van der Waals surface area (Å²) >= 11 is 0. The van der Waals surface area contributed by atoms with E-state index in [4.69, 9.17) is 5.73 Å². The lowest BCUT2D eigenvalue weighted by Crippen LogP contribution is -2.44. The monoisotopic (exact) mass is 299 g/mol. The summed E-state index contributed by atoms with van der Waals surface area (Å²) in [4.78, 5) is 25.3. The van der Waals surface area contributed by atoms with Gasteiger partial charge in [-0.2, -0.15) is 5.26 Å². The van der Waals surface area contributed by atoms with Crippen molar-refractivity contribution in [2.45, 2.75) is 25.7 Å². The van der Waals surface area contributed by atoms with Crippen LogP contribution in [0.1, 0.15) is 24.8 Å². The molecule has 1 heterocycles. The lowest BCUT2D eigenvalue weighted by molar-refractivity contribution is -0.137. The first-order valence-electron chi connectivity index (χ1n) is 7.63. The number of carbonyl (C=O) groups is 2. The van der Waals surface area contributed by atoms with E-state index < -0.39 is 5.92 Å². The van der Waals surface area contributed by atoms with E-state index in [-0.39, 0.29) is 17.7 Å². The first-order valence-corrected chi connectivity index (χ1v) is 7.63. The van der Waals surface area contributed by atoms with Gasteiger partial charge in [-0.05, 0) is 31.2 Å². The molecule has 0 aromatic heterocycles. The van der Waals surface area contributed by atoms with E-state index in [2.05, 4.69) is 6.07 Å². The molecule has 1 atom stereocenters. The van der Waals surface area contributed by atoms with E-state index in [1.54, 1.807) is 4.90 Å². The van der Waals surface area contributed by atoms with Crippen molar-refractivity contribution in [1.82, 2.24) is 4.90 Å². The Morgan fingerprint density at radius 3 is 2.45 bits per heavy atom. The van der Waals surface area contributed by atoms with Gasteiger partial charge in [-0.25, -0.2) is 0 Å². The Kier molecular flexibility index (Phi) is 5.54. The van der Waals surface area contributed by atoms with Crippen LogP contribution in [0.15, 0.2) is 30.3 Å². The van der Waals surface area contributed by atoms with Crippen molar-refractivity contribution in [2.24, 2.45) is 17.6 Å². The Morgan fingerprint density at radius 2 is 1.91 bits per heavy atom. The van der Waals surface area contributed by atoms with Crippen molar-refractivity contribution >= 4 is 11.8 Å². The standard InChI is InChI=1S/C17H21N3O2/c18-12-15(7-6-13-4-2-1-3-5-13)17(22)20-10-8-14(9-11-20)16(19)21/h1-5,14-15H,6-11H2,(H2,19,21)/t15-/m0/s1. The fourth-order valence-electron chi connectivity index (χ4n) is 2.80. The van der Waals surface area contributed by atoms with Crippen LogP contribution < -0.4 is 5.73 Å². The number of rotatable bonds is 5. The average molecular weight is 299 g/mol. The molecule has 116 valence electrons. The molecule has 0 spiro atoms. The maximum absolute atomic E-state index is 12.4. The zero-order valence-electron chi connectivity index (χ0n) is 12.6. The molecule has 2 N–H and O–H groups in total. The van der Waals surface area contributed by atoms with Crippen molar-refractivity contribution in [3.8, 4) is 6.07 Å². The summed E-state index contributed by atoms with van der Waals surface area (Å²) in [7, 11) is 0. The zero-order chi connectivity index (χ0) is 15.9. The minimum Gasteiger partial charge on any atom is -0.369 e. The van der Waals surface area contributed by atoms with Crippen molar-refractivity contribution in [1.29, 1.82) is 5.26 Å². The van der Waals surface area contributed by atoms with Crippen LogP contribution in [-0.4, -0.2) is 29.8 Å². The van der Waals surface area contributed by atoms with Gasteiger partial charge in [0.15, 0.2) is 0 Å². The van der Waals surface area contributed by atoms with Crippen LogP contribution in [0, 0.1) is 23.2 Å². The van der Waals surface area contributed by atoms with Crippen LogP contribution in [0.25, 0.3) is 0 Å². The van der Waals surface area contributed by atoms with Crippen LogP contribution in [0.5, 0.6) is 0 Å². The number of hydrogen-bond acceptors (Lipinski definition) is 3. The molecule has 0 radical (unpaired) electrons. The molecule has 1 saturated heterocycles. The number of nitrogens with zero attached hydrogens (tertiary/aromatic N) is 2. The lowest BCUT2D eigenvalue weighted by atomic mass is 9.94. The number of hydrogen-bond donors (Lipinski definition) is 1. The maximum Gasteiger partial charge on any atom is 0.239 e. The van der Waals surface area contributed by atoms with Crippen LogP contribution in [0.2, 0.25) is 0 Å². The highest BCUT2D eigenvalue weighted by molar-refractivity contribution is 5.82. The van der Waals surface area contributed by atoms with Gasteiger partial charge in [-0.3, -0.25) is 9.59 Å². The number of benzene rings is 1. The number of amides is 2. The third-order valence-electron chi connectivity index (χ3n) is 4.23. The topological polar surface area (TPSA) is 87.2 Å². The Labute approximate surface area is 130 Å². The quantitative estimate of drug-likeness (QED) is 0.893. The Balaban J connectivity index is 1.87. The van der Waals surface area contributed by atoms with Gasteiger partial charge < -0.3 is 10.6 Å². The number of piperidine rings is 1. The molecule has 0 saturated carbocycles. The zero-order valence-corrected chi connectivity index (χ0v) is 12.6. The summed E-state index contributed by atoms with van der Waals surface area (Å²) in [5.74, 6) is -1.19. The summed E-state index contributed by atoms with van der Waals surface area (Å²) in [6.07, 6.45) is 2.42. The number of primary amides is 1. The lowest BCUT2D eigenvalue weighted by Gasteiger charge is -2.31. The SMILES string of the molecule is N#C[C@H](CCc1ccccc1)C(=O)N1CCC(C(N)=O)CC1. The molecule has 2 amide bonds. The first kappa shape index (κ1) is 16.0. The normalized spacial score (nSPS) is 16.8. The second kappa shape index (κ2) is 7.60. The van der Waals surface area contributed by atoms with Crippen molar-refractivity contribution in [3.63, 3.8) is 0 Å². The van der Waals surface area contributed by atoms with Gasteiger partial charge >= 0.3 is 0 Å². The highest BCUT2D eigenvalue weighted by Crippen LogP contribution is 2.20. The summed E-state index contributed by atoms with van der Waals surface area (Å²) < 4.78 is 0. The third kappa shape index (κ3) is 4.08. The summed E-state index contributed by atoms with van der Waals surface area (Å²) in [5, 5.41) is 9.27. The number of aryl methyl sites for hydroxylation is 1. The van der Waals surface area contributed by atoms with Crippen LogP contribution >= 0.6 is 0 Å². The number of likely N-dealkylation sites (tertiary alicyclic amines) is 1. The maximum atomic E-state index is 12.4. The summed E-state index contributed by atoms with van der Waals surface area (Å²) in [6.45, 7) is 1.02. The van der Waals surface area contributed by atoms with Gasteiger partial charge in [0, 0.05) is 19.0 Å². The van der Waals surface area contributed by atoms with Gasteiger partial charge in [0.05, 0.1) is 6.07 Å². The van der Waals surface area contributed by atoms with E-state index in [9.17, 15) is 14.9 Å². The van der Waals surface area contributed by atoms with E-state index in [1.807, 2.05) is 30.3 Å². The molecule has 0 bridgehead atoms. The van der Waals surface area contributed by atoms with Gasteiger partial charge in [-0.1, -0.05) is 30.3 Å². The van der Waals surface area contributed by atoms with Gasteiger partial charge in [0.2, 0.25) is 11.8 Å². The predicted molar refractivity (Wildman–Crippen MR) is 82.4 cm³/mol. The van der Waals surface area contributed by atoms with Crippen molar-refractivity contribution in [3.05, 3.63) is 35.9 Å². The second-order valence-corrected chi connectivity index (χ2v) is 5.71. The Bertz CT molecular complexity index is 557. The molecule has 0 aliphatic carbocycles. The molecule has 1 aliphatic rings. The molecule has 1 aromatic carbocycles. The van der Waals surface area contributed by atoms with Crippen LogP contribution in [0.4, 0.5) is 0 Å². The van der Waals surface area contributed by atoms with Gasteiger partial charge in [0.1, 0.15) is 5.92 Å². The molecule has 2 rings (SSSR count). The third-order valence-corrected chi connectivity index (χ3v) is 4.23. The van der Waals surface area contributed by atoms with Gasteiger partial charge in [0.25, 0.3) is 0 Å². The van der Waals surface area contributed by atoms with E-state index >= 15 is 0 Å². The van der Waals surface area contributed by atoms with Crippen molar-refractivity contribution in [2.75, 3.05) is 13.1 Å². The fourth-order valence-corrected chi connectivity index (χ4v) is 2.80. The molecule has 1 aromatic rings. The molecule has 22 heavy (non-hydrogen) atoms. The summed E-state index contributed by atoms with van der Waals surface area (Å²) in [5.41, 5.74) is 6.42. The molecule has 0 unspecified atom stereocenters. The van der Waals surface area contributed by atoms with E-state index in [0.717, 1.165) is 5.56 Å². The second-order valence-electron chi connectivity index (χ2n) is 5.71. The Morgan fingerprint density at radius 1 is 1.27 bits per heavy atom. The Hall–Kier alpha value is -2.35. The molecule has 5 nitrogen and oxygen atoms in total. The molecular weight excluding hydrogens is 278 g/mol. The van der Waals surface area contributed by atoms with Gasteiger partial charge in [-0.15, -0.1) is 0 Å². The minimum atomic E-state index is -0.620. The van der Waals surface area contributed by atoms with Crippen molar-refractivity contribution < 1.29 is 9.59 Å².